The summed E-state index contributed by atoms with van der Waals surface area (Å²) in [6.45, 7) is 2.15. The van der Waals surface area contributed by atoms with E-state index < -0.39 is 40.8 Å². The van der Waals surface area contributed by atoms with Crippen molar-refractivity contribution in [3.8, 4) is 0 Å². The summed E-state index contributed by atoms with van der Waals surface area (Å²) in [5.74, 6) is -3.65. The van der Waals surface area contributed by atoms with Crippen LogP contribution in [0.25, 0.3) is 0 Å². The van der Waals surface area contributed by atoms with Crippen molar-refractivity contribution in [1.29, 1.82) is 0 Å². The molecule has 27 heavy (non-hydrogen) atoms. The van der Waals surface area contributed by atoms with Crippen LogP contribution in [-0.2, 0) is 20.9 Å². The zero-order chi connectivity index (χ0) is 20.0. The van der Waals surface area contributed by atoms with Gasteiger partial charge in [-0.1, -0.05) is 30.3 Å². The molecule has 2 amide bonds. The third-order valence-corrected chi connectivity index (χ3v) is 4.93. The SMILES string of the molecule is CC(=O)C1=C(C)N(Cc2ccccc2)C(=O)C1(NC(=O)C1CC1)C(F)(F)F. The van der Waals surface area contributed by atoms with Crippen molar-refractivity contribution in [1.82, 2.24) is 10.2 Å². The fraction of sp³-hybridized carbons (Fsp3) is 0.421. The number of alkyl halides is 3. The molecular weight excluding hydrogens is 361 g/mol. The fourth-order valence-electron chi connectivity index (χ4n) is 3.43. The molecular formula is C19H19F3N2O3. The first-order valence-electron chi connectivity index (χ1n) is 8.56. The Hall–Kier alpha value is -2.64. The summed E-state index contributed by atoms with van der Waals surface area (Å²) in [7, 11) is 0. The number of Topliss-reactive ketones (excluding diaryl/α,β-unsaturated/α-hetero) is 1. The summed E-state index contributed by atoms with van der Waals surface area (Å²) in [6, 6.07) is 8.49. The van der Waals surface area contributed by atoms with Gasteiger partial charge in [-0.05, 0) is 32.3 Å². The molecule has 1 fully saturated rings. The molecule has 1 aromatic rings. The third kappa shape index (κ3) is 3.13. The molecule has 1 N–H and O–H groups in total. The molecule has 5 nitrogen and oxygen atoms in total. The van der Waals surface area contributed by atoms with E-state index in [0.717, 1.165) is 11.8 Å². The summed E-state index contributed by atoms with van der Waals surface area (Å²) in [5.41, 5.74) is -3.54. The normalized spacial score (nSPS) is 23.0. The van der Waals surface area contributed by atoms with E-state index in [1.807, 2.05) is 5.32 Å². The van der Waals surface area contributed by atoms with Crippen LogP contribution in [0.4, 0.5) is 13.2 Å². The van der Waals surface area contributed by atoms with E-state index in [2.05, 4.69) is 0 Å². The van der Waals surface area contributed by atoms with Crippen molar-refractivity contribution >= 4 is 17.6 Å². The van der Waals surface area contributed by atoms with Crippen LogP contribution in [0.2, 0.25) is 0 Å². The van der Waals surface area contributed by atoms with Crippen LogP contribution in [0.15, 0.2) is 41.6 Å². The molecule has 3 rings (SSSR count). The van der Waals surface area contributed by atoms with Crippen molar-refractivity contribution in [3.05, 3.63) is 47.2 Å². The quantitative estimate of drug-likeness (QED) is 0.854. The van der Waals surface area contributed by atoms with Gasteiger partial charge in [-0.25, -0.2) is 0 Å². The lowest BCUT2D eigenvalue weighted by atomic mass is 9.86. The van der Waals surface area contributed by atoms with Gasteiger partial charge in [0.25, 0.3) is 5.91 Å². The van der Waals surface area contributed by atoms with Gasteiger partial charge in [0.1, 0.15) is 0 Å². The number of nitrogens with one attached hydrogen (secondary N) is 1. The molecule has 8 heteroatoms. The van der Waals surface area contributed by atoms with Crippen molar-refractivity contribution in [2.75, 3.05) is 0 Å². The summed E-state index contributed by atoms with van der Waals surface area (Å²) in [6.07, 6.45) is -4.21. The molecule has 1 saturated carbocycles. The molecule has 0 radical (unpaired) electrons. The van der Waals surface area contributed by atoms with Crippen LogP contribution in [0.5, 0.6) is 0 Å². The van der Waals surface area contributed by atoms with Crippen molar-refractivity contribution in [2.45, 2.75) is 44.9 Å². The fourth-order valence-corrected chi connectivity index (χ4v) is 3.43. The van der Waals surface area contributed by atoms with Crippen LogP contribution in [-0.4, -0.2) is 34.2 Å². The second-order valence-electron chi connectivity index (χ2n) is 6.90. The van der Waals surface area contributed by atoms with E-state index >= 15 is 0 Å². The maximum Gasteiger partial charge on any atom is 0.425 e. The Balaban J connectivity index is 2.09. The average Bonchev–Trinajstić information content (AvgIpc) is 3.40. The van der Waals surface area contributed by atoms with Crippen LogP contribution >= 0.6 is 0 Å². The molecule has 1 heterocycles. The lowest BCUT2D eigenvalue weighted by Crippen LogP contribution is -2.66. The number of nitrogens with zero attached hydrogens (tertiary/aromatic N) is 1. The highest BCUT2D eigenvalue weighted by Gasteiger charge is 2.70. The topological polar surface area (TPSA) is 66.5 Å². The molecule has 1 unspecified atom stereocenters. The van der Waals surface area contributed by atoms with E-state index in [4.69, 9.17) is 0 Å². The Morgan fingerprint density at radius 2 is 1.81 bits per heavy atom. The number of benzene rings is 1. The van der Waals surface area contributed by atoms with Gasteiger partial charge in [0, 0.05) is 11.6 Å². The number of carbonyl (C=O) groups excluding carboxylic acids is 3. The first kappa shape index (κ1) is 19.1. The first-order valence-corrected chi connectivity index (χ1v) is 8.56. The monoisotopic (exact) mass is 380 g/mol. The largest absolute Gasteiger partial charge is 0.425 e. The molecule has 1 atom stereocenters. The van der Waals surface area contributed by atoms with Gasteiger partial charge in [-0.3, -0.25) is 14.4 Å². The van der Waals surface area contributed by atoms with E-state index in [1.54, 1.807) is 30.3 Å². The third-order valence-electron chi connectivity index (χ3n) is 4.93. The van der Waals surface area contributed by atoms with E-state index in [0.29, 0.717) is 18.4 Å². The maximum atomic E-state index is 14.2. The van der Waals surface area contributed by atoms with Crippen molar-refractivity contribution in [3.63, 3.8) is 0 Å². The van der Waals surface area contributed by atoms with Gasteiger partial charge in [-0.2, -0.15) is 13.2 Å². The number of hydrogen-bond acceptors (Lipinski definition) is 3. The summed E-state index contributed by atoms with van der Waals surface area (Å²) >= 11 is 0. The Morgan fingerprint density at radius 3 is 2.30 bits per heavy atom. The number of hydrogen-bond donors (Lipinski definition) is 1. The molecule has 1 aliphatic heterocycles. The van der Waals surface area contributed by atoms with Crippen LogP contribution in [0.3, 0.4) is 0 Å². The number of allylic oxidation sites excluding steroid dienone is 1. The van der Waals surface area contributed by atoms with Gasteiger partial charge in [0.15, 0.2) is 5.78 Å². The van der Waals surface area contributed by atoms with Crippen LogP contribution in [0, 0.1) is 5.92 Å². The Kier molecular flexibility index (Phi) is 4.61. The number of halogens is 3. The van der Waals surface area contributed by atoms with Crippen LogP contribution < -0.4 is 5.32 Å². The minimum atomic E-state index is -5.15. The lowest BCUT2D eigenvalue weighted by Gasteiger charge is -2.33. The summed E-state index contributed by atoms with van der Waals surface area (Å²) in [4.78, 5) is 38.2. The molecule has 0 spiro atoms. The average molecular weight is 380 g/mol. The van der Waals surface area contributed by atoms with Gasteiger partial charge >= 0.3 is 6.18 Å². The molecule has 2 aliphatic rings. The Bertz CT molecular complexity index is 828. The molecule has 0 aromatic heterocycles. The zero-order valence-corrected chi connectivity index (χ0v) is 14.9. The standard InChI is InChI=1S/C19H19F3N2O3/c1-11-15(12(2)25)18(19(20,21)22,23-16(26)14-8-9-14)17(27)24(11)10-13-6-4-3-5-7-13/h3-7,14H,8-10H2,1-2H3,(H,23,26). The number of amides is 2. The van der Waals surface area contributed by atoms with Crippen LogP contribution in [0.1, 0.15) is 32.3 Å². The van der Waals surface area contributed by atoms with E-state index in [1.165, 1.54) is 6.92 Å². The zero-order valence-electron chi connectivity index (χ0n) is 14.9. The minimum Gasteiger partial charge on any atom is -0.330 e. The summed E-state index contributed by atoms with van der Waals surface area (Å²) < 4.78 is 42.5. The first-order chi connectivity index (χ1) is 12.6. The maximum absolute atomic E-state index is 14.2. The molecule has 1 aliphatic carbocycles. The van der Waals surface area contributed by atoms with Gasteiger partial charge < -0.3 is 10.2 Å². The molecule has 0 bridgehead atoms. The van der Waals surface area contributed by atoms with E-state index in [-0.39, 0.29) is 12.2 Å². The highest BCUT2D eigenvalue weighted by Crippen LogP contribution is 2.46. The van der Waals surface area contributed by atoms with Crippen molar-refractivity contribution < 1.29 is 27.6 Å². The number of rotatable bonds is 5. The molecule has 144 valence electrons. The molecule has 1 aromatic carbocycles. The summed E-state index contributed by atoms with van der Waals surface area (Å²) in [5, 5.41) is 1.89. The Labute approximate surface area is 154 Å². The smallest absolute Gasteiger partial charge is 0.330 e. The van der Waals surface area contributed by atoms with Gasteiger partial charge in [0.05, 0.1) is 12.1 Å². The molecule has 0 saturated heterocycles. The highest BCUT2D eigenvalue weighted by molar-refractivity contribution is 6.12. The van der Waals surface area contributed by atoms with Gasteiger partial charge in [-0.15, -0.1) is 0 Å². The predicted octanol–water partition coefficient (Wildman–Crippen LogP) is 2.72. The predicted molar refractivity (Wildman–Crippen MR) is 90.0 cm³/mol. The number of ketones is 1. The second-order valence-corrected chi connectivity index (χ2v) is 6.90. The van der Waals surface area contributed by atoms with Gasteiger partial charge in [0.2, 0.25) is 11.4 Å². The van der Waals surface area contributed by atoms with E-state index in [9.17, 15) is 27.6 Å². The minimum absolute atomic E-state index is 0.0928. The Morgan fingerprint density at radius 1 is 1.22 bits per heavy atom. The van der Waals surface area contributed by atoms with Crippen molar-refractivity contribution in [2.24, 2.45) is 5.92 Å². The number of carbonyl (C=O) groups is 3. The lowest BCUT2D eigenvalue weighted by molar-refractivity contribution is -0.194. The highest BCUT2D eigenvalue weighted by atomic mass is 19.4. The second kappa shape index (κ2) is 6.51.